The van der Waals surface area contributed by atoms with E-state index in [1.165, 1.54) is 0 Å². The van der Waals surface area contributed by atoms with Crippen molar-refractivity contribution in [2.75, 3.05) is 32.7 Å². The summed E-state index contributed by atoms with van der Waals surface area (Å²) in [4.78, 5) is 26.8. The number of carbonyl (C=O) groups is 1. The molecule has 0 aromatic heterocycles. The summed E-state index contributed by atoms with van der Waals surface area (Å²) in [5, 5.41) is 2.86. The molecule has 1 aliphatic rings. The van der Waals surface area contributed by atoms with Crippen LogP contribution in [-0.2, 0) is 0 Å². The van der Waals surface area contributed by atoms with E-state index in [-0.39, 0.29) is 5.91 Å². The van der Waals surface area contributed by atoms with Gasteiger partial charge in [0, 0.05) is 31.7 Å². The van der Waals surface area contributed by atoms with Gasteiger partial charge in [0.15, 0.2) is 0 Å². The number of rotatable bonds is 3. The van der Waals surface area contributed by atoms with Crippen molar-refractivity contribution in [3.8, 4) is 0 Å². The maximum absolute atomic E-state index is 12.2. The Morgan fingerprint density at radius 2 is 2.00 bits per heavy atom. The number of likely N-dealkylation sites (N-methyl/N-ethyl adjacent to an activating group) is 1. The van der Waals surface area contributed by atoms with Gasteiger partial charge < -0.3 is 9.80 Å². The Balaban J connectivity index is 2.05. The molecule has 0 aliphatic carbocycles. The Labute approximate surface area is 106 Å². The van der Waals surface area contributed by atoms with Crippen LogP contribution < -0.4 is 0 Å². The minimum Gasteiger partial charge on any atom is -0.336 e. The van der Waals surface area contributed by atoms with Gasteiger partial charge in [0.2, 0.25) is 0 Å². The van der Waals surface area contributed by atoms with Gasteiger partial charge in [-0.3, -0.25) is 4.79 Å². The third kappa shape index (κ3) is 2.73. The van der Waals surface area contributed by atoms with Crippen LogP contribution in [-0.4, -0.2) is 48.4 Å². The first-order valence-corrected chi connectivity index (χ1v) is 6.19. The molecule has 0 spiro atoms. The van der Waals surface area contributed by atoms with Crippen molar-refractivity contribution < 1.29 is 4.79 Å². The minimum atomic E-state index is -0.0174. The monoisotopic (exact) mass is 247 g/mol. The molecule has 1 fully saturated rings. The quantitative estimate of drug-likeness (QED) is 0.766. The Morgan fingerprint density at radius 1 is 1.28 bits per heavy atom. The molecule has 0 unspecified atom stereocenters. The highest BCUT2D eigenvalue weighted by Crippen LogP contribution is 2.16. The lowest BCUT2D eigenvalue weighted by Crippen LogP contribution is -2.48. The largest absolute Gasteiger partial charge is 0.336 e. The van der Waals surface area contributed by atoms with E-state index in [0.717, 1.165) is 32.7 Å². The molecule has 1 saturated heterocycles. The maximum Gasteiger partial charge on any atom is 0.254 e. The number of nitroso groups, excluding NO2 is 1. The van der Waals surface area contributed by atoms with Crippen molar-refractivity contribution in [2.45, 2.75) is 6.92 Å². The first-order chi connectivity index (χ1) is 8.74. The van der Waals surface area contributed by atoms with Crippen molar-refractivity contribution in [1.29, 1.82) is 0 Å². The number of hydrogen-bond acceptors (Lipinski definition) is 4. The highest BCUT2D eigenvalue weighted by atomic mass is 16.3. The van der Waals surface area contributed by atoms with Gasteiger partial charge in [-0.15, -0.1) is 4.91 Å². The van der Waals surface area contributed by atoms with Gasteiger partial charge in [0.05, 0.1) is 0 Å². The van der Waals surface area contributed by atoms with Crippen LogP contribution in [0.5, 0.6) is 0 Å². The molecule has 5 nitrogen and oxygen atoms in total. The molecule has 0 saturated carbocycles. The van der Waals surface area contributed by atoms with E-state index < -0.39 is 0 Å². The first kappa shape index (κ1) is 12.7. The summed E-state index contributed by atoms with van der Waals surface area (Å²) in [5.74, 6) is -0.0174. The summed E-state index contributed by atoms with van der Waals surface area (Å²) >= 11 is 0. The minimum absolute atomic E-state index is 0.0174. The second-order valence-corrected chi connectivity index (χ2v) is 4.37. The second-order valence-electron chi connectivity index (χ2n) is 4.37. The zero-order chi connectivity index (χ0) is 13.0. The summed E-state index contributed by atoms with van der Waals surface area (Å²) in [6.45, 7) is 6.45. The van der Waals surface area contributed by atoms with E-state index in [0.29, 0.717) is 11.3 Å². The average Bonchev–Trinajstić information content (AvgIpc) is 2.46. The van der Waals surface area contributed by atoms with Gasteiger partial charge in [0.25, 0.3) is 5.91 Å². The lowest BCUT2D eigenvalue weighted by molar-refractivity contribution is 0.0643. The Bertz CT molecular complexity index is 440. The fourth-order valence-corrected chi connectivity index (χ4v) is 2.15. The third-order valence-electron chi connectivity index (χ3n) is 3.31. The summed E-state index contributed by atoms with van der Waals surface area (Å²) in [6, 6.07) is 6.55. The average molecular weight is 247 g/mol. The van der Waals surface area contributed by atoms with Gasteiger partial charge in [-0.2, -0.15) is 0 Å². The molecule has 0 radical (unpaired) electrons. The standard InChI is InChI=1S/C13H17N3O2/c1-2-15-6-8-16(9-7-15)13(17)11-4-3-5-12(10-11)14-18/h3-5,10H,2,6-9H2,1H3. The van der Waals surface area contributed by atoms with E-state index in [4.69, 9.17) is 0 Å². The van der Waals surface area contributed by atoms with Crippen molar-refractivity contribution in [3.63, 3.8) is 0 Å². The molecule has 1 heterocycles. The van der Waals surface area contributed by atoms with Crippen LogP contribution >= 0.6 is 0 Å². The summed E-state index contributed by atoms with van der Waals surface area (Å²) in [6.07, 6.45) is 0. The van der Waals surface area contributed by atoms with Crippen LogP contribution in [0, 0.1) is 4.91 Å². The number of piperazine rings is 1. The van der Waals surface area contributed by atoms with Gasteiger partial charge in [-0.1, -0.05) is 13.0 Å². The lowest BCUT2D eigenvalue weighted by atomic mass is 10.1. The molecular formula is C13H17N3O2. The van der Waals surface area contributed by atoms with E-state index in [2.05, 4.69) is 17.0 Å². The lowest BCUT2D eigenvalue weighted by Gasteiger charge is -2.34. The molecule has 2 rings (SSSR count). The molecular weight excluding hydrogens is 230 g/mol. The fourth-order valence-electron chi connectivity index (χ4n) is 2.15. The topological polar surface area (TPSA) is 53.0 Å². The van der Waals surface area contributed by atoms with Crippen molar-refractivity contribution in [2.24, 2.45) is 5.18 Å². The highest BCUT2D eigenvalue weighted by molar-refractivity contribution is 5.95. The van der Waals surface area contributed by atoms with E-state index >= 15 is 0 Å². The molecule has 1 aromatic rings. The van der Waals surface area contributed by atoms with Crippen LogP contribution in [0.2, 0.25) is 0 Å². The fraction of sp³-hybridized carbons (Fsp3) is 0.462. The van der Waals surface area contributed by atoms with Gasteiger partial charge >= 0.3 is 0 Å². The summed E-state index contributed by atoms with van der Waals surface area (Å²) in [5.41, 5.74) is 0.838. The Hall–Kier alpha value is -1.75. The molecule has 1 aliphatic heterocycles. The molecule has 96 valence electrons. The van der Waals surface area contributed by atoms with Crippen molar-refractivity contribution in [3.05, 3.63) is 34.7 Å². The zero-order valence-electron chi connectivity index (χ0n) is 10.5. The van der Waals surface area contributed by atoms with Gasteiger partial charge in [-0.05, 0) is 29.9 Å². The number of nitrogens with zero attached hydrogens (tertiary/aromatic N) is 3. The van der Waals surface area contributed by atoms with Gasteiger partial charge in [-0.25, -0.2) is 0 Å². The molecule has 5 heteroatoms. The van der Waals surface area contributed by atoms with Crippen LogP contribution in [0.15, 0.2) is 29.4 Å². The number of hydrogen-bond donors (Lipinski definition) is 0. The predicted molar refractivity (Wildman–Crippen MR) is 69.9 cm³/mol. The van der Waals surface area contributed by atoms with Crippen LogP contribution in [0.25, 0.3) is 0 Å². The molecule has 1 amide bonds. The summed E-state index contributed by atoms with van der Waals surface area (Å²) < 4.78 is 0. The summed E-state index contributed by atoms with van der Waals surface area (Å²) in [7, 11) is 0. The Morgan fingerprint density at radius 3 is 2.61 bits per heavy atom. The molecule has 18 heavy (non-hydrogen) atoms. The first-order valence-electron chi connectivity index (χ1n) is 6.19. The number of amides is 1. The number of carbonyl (C=O) groups excluding carboxylic acids is 1. The van der Waals surface area contributed by atoms with E-state index in [1.54, 1.807) is 24.3 Å². The van der Waals surface area contributed by atoms with Crippen molar-refractivity contribution >= 4 is 11.6 Å². The van der Waals surface area contributed by atoms with Crippen LogP contribution in [0.3, 0.4) is 0 Å². The van der Waals surface area contributed by atoms with Crippen LogP contribution in [0.4, 0.5) is 5.69 Å². The second kappa shape index (κ2) is 5.73. The predicted octanol–water partition coefficient (Wildman–Crippen LogP) is 1.86. The van der Waals surface area contributed by atoms with Crippen LogP contribution in [0.1, 0.15) is 17.3 Å². The maximum atomic E-state index is 12.2. The molecule has 0 bridgehead atoms. The molecule has 1 aromatic carbocycles. The zero-order valence-corrected chi connectivity index (χ0v) is 10.5. The SMILES string of the molecule is CCN1CCN(C(=O)c2cccc(N=O)c2)CC1. The molecule has 0 atom stereocenters. The van der Waals surface area contributed by atoms with E-state index in [9.17, 15) is 9.70 Å². The number of benzene rings is 1. The van der Waals surface area contributed by atoms with E-state index in [1.807, 2.05) is 4.90 Å². The smallest absolute Gasteiger partial charge is 0.254 e. The third-order valence-corrected chi connectivity index (χ3v) is 3.31. The Kier molecular flexibility index (Phi) is 4.04. The van der Waals surface area contributed by atoms with Crippen molar-refractivity contribution in [1.82, 2.24) is 9.80 Å². The van der Waals surface area contributed by atoms with Gasteiger partial charge in [0.1, 0.15) is 5.69 Å². The normalized spacial score (nSPS) is 16.6. The highest BCUT2D eigenvalue weighted by Gasteiger charge is 2.21. The molecule has 0 N–H and O–H groups in total.